The third kappa shape index (κ3) is 4.87. The van der Waals surface area contributed by atoms with Gasteiger partial charge in [-0.25, -0.2) is 4.98 Å². The molecule has 1 heterocycles. The topological polar surface area (TPSA) is 92.1 Å². The summed E-state index contributed by atoms with van der Waals surface area (Å²) in [5, 5.41) is 16.9. The first-order valence-electron chi connectivity index (χ1n) is 9.49. The van der Waals surface area contributed by atoms with Crippen LogP contribution in [0.5, 0.6) is 0 Å². The van der Waals surface area contributed by atoms with Crippen molar-refractivity contribution in [3.63, 3.8) is 0 Å². The summed E-state index contributed by atoms with van der Waals surface area (Å²) in [6.45, 7) is 4.42. The van der Waals surface area contributed by atoms with Gasteiger partial charge in [0.2, 0.25) is 5.95 Å². The molecular weight excluding hydrogens is 446 g/mol. The van der Waals surface area contributed by atoms with E-state index in [9.17, 15) is 5.26 Å². The standard InChI is InChI=1S/C22H24BrN5O2/c1-13-15(11-24)6-5-7-17(13)14(2)26-21-18-10-16(23)8-9-19(18)27-22(28-21)25-12-20(29-3)30-4/h5-10,14,20H,12H2,1-4H3,(H2,25,26,27,28)/t14-/m1/s1. The maximum absolute atomic E-state index is 9.34. The van der Waals surface area contributed by atoms with Crippen LogP contribution in [0, 0.1) is 18.3 Å². The van der Waals surface area contributed by atoms with E-state index in [1.165, 1.54) is 0 Å². The number of benzene rings is 2. The van der Waals surface area contributed by atoms with Crippen molar-refractivity contribution in [1.29, 1.82) is 5.26 Å². The largest absolute Gasteiger partial charge is 0.363 e. The molecule has 1 aromatic heterocycles. The molecule has 0 aliphatic carbocycles. The minimum Gasteiger partial charge on any atom is -0.363 e. The van der Waals surface area contributed by atoms with E-state index in [1.54, 1.807) is 14.2 Å². The van der Waals surface area contributed by atoms with Gasteiger partial charge in [-0.15, -0.1) is 0 Å². The Hall–Kier alpha value is -2.73. The van der Waals surface area contributed by atoms with Crippen molar-refractivity contribution in [2.75, 3.05) is 31.4 Å². The quantitative estimate of drug-likeness (QED) is 0.458. The van der Waals surface area contributed by atoms with Gasteiger partial charge in [-0.05, 0) is 49.2 Å². The monoisotopic (exact) mass is 469 g/mol. The number of halogens is 1. The molecule has 0 unspecified atom stereocenters. The number of fused-ring (bicyclic) bond motifs is 1. The molecule has 7 nitrogen and oxygen atoms in total. The predicted octanol–water partition coefficient (Wildman–Crippen LogP) is 4.78. The number of nitrogens with zero attached hydrogens (tertiary/aromatic N) is 3. The van der Waals surface area contributed by atoms with Gasteiger partial charge in [-0.1, -0.05) is 28.1 Å². The molecule has 0 aliphatic heterocycles. The van der Waals surface area contributed by atoms with Crippen molar-refractivity contribution in [2.45, 2.75) is 26.2 Å². The van der Waals surface area contributed by atoms with E-state index in [0.717, 1.165) is 26.5 Å². The van der Waals surface area contributed by atoms with Gasteiger partial charge in [0.25, 0.3) is 0 Å². The lowest BCUT2D eigenvalue weighted by atomic mass is 9.98. The van der Waals surface area contributed by atoms with Crippen molar-refractivity contribution >= 4 is 38.6 Å². The molecule has 0 fully saturated rings. The first kappa shape index (κ1) is 22.0. The Labute approximate surface area is 184 Å². The van der Waals surface area contributed by atoms with Crippen molar-refractivity contribution < 1.29 is 9.47 Å². The highest BCUT2D eigenvalue weighted by molar-refractivity contribution is 9.10. The summed E-state index contributed by atoms with van der Waals surface area (Å²) >= 11 is 3.53. The van der Waals surface area contributed by atoms with Crippen LogP contribution in [0.2, 0.25) is 0 Å². The van der Waals surface area contributed by atoms with Crippen molar-refractivity contribution in [1.82, 2.24) is 9.97 Å². The first-order chi connectivity index (χ1) is 14.5. The van der Waals surface area contributed by atoms with Gasteiger partial charge in [-0.3, -0.25) is 0 Å². The number of nitrogens with one attached hydrogen (secondary N) is 2. The molecule has 0 bridgehead atoms. The highest BCUT2D eigenvalue weighted by atomic mass is 79.9. The summed E-state index contributed by atoms with van der Waals surface area (Å²) in [7, 11) is 3.17. The summed E-state index contributed by atoms with van der Waals surface area (Å²) in [5.74, 6) is 1.17. The Bertz CT molecular complexity index is 1080. The molecule has 0 saturated heterocycles. The Morgan fingerprint density at radius 3 is 2.63 bits per heavy atom. The zero-order valence-corrected chi connectivity index (χ0v) is 18.9. The first-order valence-corrected chi connectivity index (χ1v) is 10.3. The number of hydrogen-bond acceptors (Lipinski definition) is 7. The Kier molecular flexibility index (Phi) is 7.21. The van der Waals surface area contributed by atoms with Crippen molar-refractivity contribution in [2.24, 2.45) is 0 Å². The lowest BCUT2D eigenvalue weighted by Gasteiger charge is -2.20. The van der Waals surface area contributed by atoms with Gasteiger partial charge in [0.15, 0.2) is 6.29 Å². The van der Waals surface area contributed by atoms with Crippen LogP contribution < -0.4 is 10.6 Å². The highest BCUT2D eigenvalue weighted by Crippen LogP contribution is 2.30. The third-order valence-corrected chi connectivity index (χ3v) is 5.42. The van der Waals surface area contributed by atoms with Crippen LogP contribution in [-0.4, -0.2) is 37.0 Å². The van der Waals surface area contributed by atoms with Gasteiger partial charge < -0.3 is 20.1 Å². The van der Waals surface area contributed by atoms with E-state index in [4.69, 9.17) is 14.5 Å². The number of ether oxygens (including phenoxy) is 2. The zero-order valence-electron chi connectivity index (χ0n) is 17.4. The van der Waals surface area contributed by atoms with Crippen molar-refractivity contribution in [3.8, 4) is 6.07 Å². The molecule has 2 N–H and O–H groups in total. The normalized spacial score (nSPS) is 12.0. The maximum atomic E-state index is 9.34. The second-order valence-electron chi connectivity index (χ2n) is 6.84. The highest BCUT2D eigenvalue weighted by Gasteiger charge is 2.15. The van der Waals surface area contributed by atoms with E-state index in [1.807, 2.05) is 50.2 Å². The number of nitriles is 1. The Balaban J connectivity index is 1.97. The second-order valence-corrected chi connectivity index (χ2v) is 7.75. The van der Waals surface area contributed by atoms with Gasteiger partial charge in [0.05, 0.1) is 29.7 Å². The maximum Gasteiger partial charge on any atom is 0.225 e. The minimum atomic E-state index is -0.402. The van der Waals surface area contributed by atoms with Crippen LogP contribution in [0.4, 0.5) is 11.8 Å². The van der Waals surface area contributed by atoms with Gasteiger partial charge >= 0.3 is 0 Å². The van der Waals surface area contributed by atoms with E-state index in [0.29, 0.717) is 23.9 Å². The molecule has 30 heavy (non-hydrogen) atoms. The van der Waals surface area contributed by atoms with E-state index < -0.39 is 6.29 Å². The lowest BCUT2D eigenvalue weighted by Crippen LogP contribution is -2.24. The van der Waals surface area contributed by atoms with E-state index >= 15 is 0 Å². The molecule has 0 radical (unpaired) electrons. The number of rotatable bonds is 8. The molecule has 0 saturated carbocycles. The molecular formula is C22H24BrN5O2. The number of anilines is 2. The SMILES string of the molecule is COC(CNc1nc(N[C@H](C)c2cccc(C#N)c2C)c2cc(Br)ccc2n1)OC. The molecule has 0 amide bonds. The van der Waals surface area contributed by atoms with Gasteiger partial charge in [0, 0.05) is 24.1 Å². The fourth-order valence-electron chi connectivity index (χ4n) is 3.25. The van der Waals surface area contributed by atoms with Crippen LogP contribution >= 0.6 is 15.9 Å². The Morgan fingerprint density at radius 2 is 1.93 bits per heavy atom. The van der Waals surface area contributed by atoms with Gasteiger partial charge in [0.1, 0.15) is 5.82 Å². The average molecular weight is 470 g/mol. The summed E-state index contributed by atoms with van der Waals surface area (Å²) in [4.78, 5) is 9.30. The fraction of sp³-hybridized carbons (Fsp3) is 0.318. The molecule has 156 valence electrons. The van der Waals surface area contributed by atoms with Gasteiger partial charge in [-0.2, -0.15) is 10.2 Å². The molecule has 8 heteroatoms. The summed E-state index contributed by atoms with van der Waals surface area (Å²) in [6.07, 6.45) is -0.402. The average Bonchev–Trinajstić information content (AvgIpc) is 2.75. The smallest absolute Gasteiger partial charge is 0.225 e. The Morgan fingerprint density at radius 1 is 1.17 bits per heavy atom. The van der Waals surface area contributed by atoms with Crippen LogP contribution in [0.25, 0.3) is 10.9 Å². The zero-order chi connectivity index (χ0) is 21.7. The van der Waals surface area contributed by atoms with Crippen LogP contribution in [-0.2, 0) is 9.47 Å². The molecule has 3 aromatic rings. The van der Waals surface area contributed by atoms with Crippen LogP contribution in [0.1, 0.15) is 29.7 Å². The number of methoxy groups -OCH3 is 2. The van der Waals surface area contributed by atoms with Crippen molar-refractivity contribution in [3.05, 3.63) is 57.6 Å². The minimum absolute atomic E-state index is 0.0612. The molecule has 0 spiro atoms. The number of aromatic nitrogens is 2. The number of hydrogen-bond donors (Lipinski definition) is 2. The summed E-state index contributed by atoms with van der Waals surface area (Å²) in [5.41, 5.74) is 3.48. The summed E-state index contributed by atoms with van der Waals surface area (Å²) < 4.78 is 11.4. The molecule has 0 aliphatic rings. The summed E-state index contributed by atoms with van der Waals surface area (Å²) in [6, 6.07) is 13.8. The van der Waals surface area contributed by atoms with Crippen LogP contribution in [0.15, 0.2) is 40.9 Å². The molecule has 3 rings (SSSR count). The third-order valence-electron chi connectivity index (χ3n) is 4.93. The van der Waals surface area contributed by atoms with Crippen LogP contribution in [0.3, 0.4) is 0 Å². The van der Waals surface area contributed by atoms with E-state index in [-0.39, 0.29) is 6.04 Å². The molecule has 2 aromatic carbocycles. The lowest BCUT2D eigenvalue weighted by molar-refractivity contribution is -0.0914. The molecule has 1 atom stereocenters. The predicted molar refractivity (Wildman–Crippen MR) is 121 cm³/mol. The fourth-order valence-corrected chi connectivity index (χ4v) is 3.61. The van der Waals surface area contributed by atoms with E-state index in [2.05, 4.69) is 37.6 Å². The second kappa shape index (κ2) is 9.85.